The van der Waals surface area contributed by atoms with Crippen LogP contribution in [0.3, 0.4) is 0 Å². The Morgan fingerprint density at radius 1 is 1.26 bits per heavy atom. The molecule has 0 unspecified atom stereocenters. The van der Waals surface area contributed by atoms with E-state index in [1.807, 2.05) is 20.8 Å². The molecule has 0 saturated heterocycles. The van der Waals surface area contributed by atoms with E-state index in [0.29, 0.717) is 6.54 Å². The van der Waals surface area contributed by atoms with Crippen LogP contribution < -0.4 is 0 Å². The van der Waals surface area contributed by atoms with Crippen molar-refractivity contribution in [3.05, 3.63) is 12.7 Å². The lowest BCUT2D eigenvalue weighted by Gasteiger charge is -2.31. The lowest BCUT2D eigenvalue weighted by atomic mass is 9.95. The van der Waals surface area contributed by atoms with Gasteiger partial charge in [-0.25, -0.2) is 0 Å². The Labute approximate surface area is 116 Å². The molecule has 0 aromatic carbocycles. The van der Waals surface area contributed by atoms with Gasteiger partial charge in [0.05, 0.1) is 13.2 Å². The molecular formula is C13H26NO4P. The molecule has 0 saturated carbocycles. The maximum atomic E-state index is 12.5. The van der Waals surface area contributed by atoms with Crippen molar-refractivity contribution in [1.29, 1.82) is 0 Å². The first-order valence-corrected chi connectivity index (χ1v) is 8.21. The van der Waals surface area contributed by atoms with Crippen LogP contribution in [-0.2, 0) is 18.4 Å². The van der Waals surface area contributed by atoms with Gasteiger partial charge >= 0.3 is 7.60 Å². The monoisotopic (exact) mass is 291 g/mol. The summed E-state index contributed by atoms with van der Waals surface area (Å²) >= 11 is 0. The zero-order chi connectivity index (χ0) is 15.1. The second kappa shape index (κ2) is 7.83. The SMILES string of the molecule is C=CCN(CP(=O)(OCC)OCC)C(=O)C(C)(C)C. The zero-order valence-corrected chi connectivity index (χ0v) is 13.5. The van der Waals surface area contributed by atoms with Crippen LogP contribution in [0.15, 0.2) is 12.7 Å². The van der Waals surface area contributed by atoms with Gasteiger partial charge in [-0.15, -0.1) is 6.58 Å². The minimum absolute atomic E-state index is 0.0448. The predicted molar refractivity (Wildman–Crippen MR) is 77.1 cm³/mol. The van der Waals surface area contributed by atoms with E-state index >= 15 is 0 Å². The molecular weight excluding hydrogens is 265 g/mol. The molecule has 19 heavy (non-hydrogen) atoms. The average molecular weight is 291 g/mol. The van der Waals surface area contributed by atoms with Crippen LogP contribution in [0.4, 0.5) is 0 Å². The van der Waals surface area contributed by atoms with Crippen molar-refractivity contribution in [1.82, 2.24) is 4.90 Å². The molecule has 0 rings (SSSR count). The van der Waals surface area contributed by atoms with Crippen LogP contribution in [0.25, 0.3) is 0 Å². The lowest BCUT2D eigenvalue weighted by Crippen LogP contribution is -2.40. The fourth-order valence-corrected chi connectivity index (χ4v) is 3.24. The summed E-state index contributed by atoms with van der Waals surface area (Å²) in [5.74, 6) is -0.105. The molecule has 0 fully saturated rings. The maximum Gasteiger partial charge on any atom is 0.349 e. The Kier molecular flexibility index (Phi) is 7.57. The quantitative estimate of drug-likeness (QED) is 0.509. The molecule has 5 nitrogen and oxygen atoms in total. The molecule has 0 atom stereocenters. The molecule has 0 spiro atoms. The van der Waals surface area contributed by atoms with Crippen molar-refractivity contribution >= 4 is 13.5 Å². The van der Waals surface area contributed by atoms with E-state index in [4.69, 9.17) is 9.05 Å². The summed E-state index contributed by atoms with van der Waals surface area (Å²) in [5.41, 5.74) is -0.549. The molecule has 0 aliphatic rings. The van der Waals surface area contributed by atoms with Gasteiger partial charge in [0.2, 0.25) is 5.91 Å². The summed E-state index contributed by atoms with van der Waals surface area (Å²) in [6.45, 7) is 13.4. The summed E-state index contributed by atoms with van der Waals surface area (Å²) in [6, 6.07) is 0. The van der Waals surface area contributed by atoms with Crippen molar-refractivity contribution in [2.45, 2.75) is 34.6 Å². The number of rotatable bonds is 8. The van der Waals surface area contributed by atoms with Crippen molar-refractivity contribution < 1.29 is 18.4 Å². The van der Waals surface area contributed by atoms with E-state index in [1.54, 1.807) is 19.9 Å². The summed E-state index contributed by atoms with van der Waals surface area (Å²) in [7, 11) is -3.27. The fraction of sp³-hybridized carbons (Fsp3) is 0.769. The minimum Gasteiger partial charge on any atom is -0.327 e. The molecule has 0 aromatic heterocycles. The Hall–Kier alpha value is -0.640. The zero-order valence-electron chi connectivity index (χ0n) is 12.6. The molecule has 0 radical (unpaired) electrons. The van der Waals surface area contributed by atoms with E-state index in [1.165, 1.54) is 4.90 Å². The van der Waals surface area contributed by atoms with Gasteiger partial charge in [-0.3, -0.25) is 9.36 Å². The van der Waals surface area contributed by atoms with Gasteiger partial charge in [0.25, 0.3) is 0 Å². The number of amides is 1. The number of hydrogen-bond donors (Lipinski definition) is 0. The third kappa shape index (κ3) is 6.37. The highest BCUT2D eigenvalue weighted by atomic mass is 31.2. The Bertz CT molecular complexity index is 339. The summed E-state index contributed by atoms with van der Waals surface area (Å²) in [5, 5.41) is 0. The second-order valence-corrected chi connectivity index (χ2v) is 7.18. The Morgan fingerprint density at radius 2 is 1.74 bits per heavy atom. The van der Waals surface area contributed by atoms with Crippen LogP contribution in [0.2, 0.25) is 0 Å². The van der Waals surface area contributed by atoms with Gasteiger partial charge in [0.15, 0.2) is 0 Å². The van der Waals surface area contributed by atoms with Crippen molar-refractivity contribution in [2.24, 2.45) is 5.41 Å². The average Bonchev–Trinajstić information content (AvgIpc) is 2.26. The molecule has 0 aliphatic carbocycles. The first-order valence-electron chi connectivity index (χ1n) is 6.48. The highest BCUT2D eigenvalue weighted by Gasteiger charge is 2.33. The van der Waals surface area contributed by atoms with Crippen molar-refractivity contribution in [3.63, 3.8) is 0 Å². The maximum absolute atomic E-state index is 12.5. The molecule has 0 heterocycles. The van der Waals surface area contributed by atoms with Crippen LogP contribution in [0.1, 0.15) is 34.6 Å². The normalized spacial score (nSPS) is 12.3. The van der Waals surface area contributed by atoms with Crippen LogP contribution in [0, 0.1) is 5.41 Å². The largest absolute Gasteiger partial charge is 0.349 e. The molecule has 1 amide bonds. The first kappa shape index (κ1) is 18.4. The number of nitrogens with zero attached hydrogens (tertiary/aromatic N) is 1. The minimum atomic E-state index is -3.27. The van der Waals surface area contributed by atoms with Crippen LogP contribution in [-0.4, -0.2) is 36.9 Å². The second-order valence-electron chi connectivity index (χ2n) is 5.15. The molecule has 0 bridgehead atoms. The standard InChI is InChI=1S/C13H26NO4P/c1-7-10-14(12(15)13(4,5)6)11-19(16,17-8-2)18-9-3/h7H,1,8-11H2,2-6H3. The van der Waals surface area contributed by atoms with Gasteiger partial charge in [-0.1, -0.05) is 26.8 Å². The van der Waals surface area contributed by atoms with Crippen molar-refractivity contribution in [2.75, 3.05) is 26.0 Å². The van der Waals surface area contributed by atoms with E-state index in [9.17, 15) is 9.36 Å². The van der Waals surface area contributed by atoms with Crippen molar-refractivity contribution in [3.8, 4) is 0 Å². The molecule has 0 N–H and O–H groups in total. The lowest BCUT2D eigenvalue weighted by molar-refractivity contribution is -0.138. The summed E-state index contributed by atoms with van der Waals surface area (Å²) < 4.78 is 22.9. The Morgan fingerprint density at radius 3 is 2.05 bits per heavy atom. The van der Waals surface area contributed by atoms with Gasteiger partial charge in [-0.05, 0) is 13.8 Å². The molecule has 6 heteroatoms. The van der Waals surface area contributed by atoms with Gasteiger partial charge in [0.1, 0.15) is 6.29 Å². The van der Waals surface area contributed by atoms with Crippen LogP contribution >= 0.6 is 7.60 Å². The predicted octanol–water partition coefficient (Wildman–Crippen LogP) is 3.27. The third-order valence-electron chi connectivity index (χ3n) is 2.27. The highest BCUT2D eigenvalue weighted by molar-refractivity contribution is 7.53. The first-order chi connectivity index (χ1) is 8.70. The number of carbonyl (C=O) groups is 1. The van der Waals surface area contributed by atoms with Gasteiger partial charge < -0.3 is 13.9 Å². The van der Waals surface area contributed by atoms with Gasteiger partial charge in [-0.2, -0.15) is 0 Å². The highest BCUT2D eigenvalue weighted by Crippen LogP contribution is 2.48. The smallest absolute Gasteiger partial charge is 0.327 e. The molecule has 112 valence electrons. The summed E-state index contributed by atoms with van der Waals surface area (Å²) in [4.78, 5) is 13.8. The van der Waals surface area contributed by atoms with Gasteiger partial charge in [0, 0.05) is 12.0 Å². The third-order valence-corrected chi connectivity index (χ3v) is 4.26. The Balaban J connectivity index is 5.04. The molecule has 0 aromatic rings. The fourth-order valence-electron chi connectivity index (χ4n) is 1.56. The molecule has 0 aliphatic heterocycles. The van der Waals surface area contributed by atoms with E-state index in [2.05, 4.69) is 6.58 Å². The van der Waals surface area contributed by atoms with E-state index in [0.717, 1.165) is 0 Å². The van der Waals surface area contributed by atoms with Crippen LogP contribution in [0.5, 0.6) is 0 Å². The summed E-state index contributed by atoms with van der Waals surface area (Å²) in [6.07, 6.45) is 1.56. The van der Waals surface area contributed by atoms with E-state index < -0.39 is 13.0 Å². The number of hydrogen-bond acceptors (Lipinski definition) is 4. The van der Waals surface area contributed by atoms with E-state index in [-0.39, 0.29) is 25.4 Å². The number of carbonyl (C=O) groups excluding carboxylic acids is 1. The topological polar surface area (TPSA) is 55.8 Å².